The molecule has 19 N–H and O–H groups in total. The number of rotatable bonds is 4. The number of aliphatic hydroxyl groups is 3. The van der Waals surface area contributed by atoms with Crippen LogP contribution in [0.2, 0.25) is 0 Å². The van der Waals surface area contributed by atoms with E-state index in [1.165, 1.54) is 6.07 Å². The van der Waals surface area contributed by atoms with Crippen LogP contribution >= 0.6 is 0 Å². The fourth-order valence-electron chi connectivity index (χ4n) is 9.11. The molecule has 402 valence electrons. The highest BCUT2D eigenvalue weighted by atomic mass is 16.6. The average molecular weight is 1070 g/mol. The monoisotopic (exact) mass is 1070 g/mol. The third-order valence-corrected chi connectivity index (χ3v) is 12.9. The molecule has 3 heterocycles. The zero-order valence-corrected chi connectivity index (χ0v) is 38.2. The summed E-state index contributed by atoms with van der Waals surface area (Å²) in [5, 5.41) is 209. The van der Waals surface area contributed by atoms with Gasteiger partial charge in [-0.15, -0.1) is 0 Å². The van der Waals surface area contributed by atoms with Crippen molar-refractivity contribution in [1.82, 2.24) is 0 Å². The van der Waals surface area contributed by atoms with Gasteiger partial charge in [0.05, 0.1) is 33.9 Å². The van der Waals surface area contributed by atoms with Gasteiger partial charge < -0.3 is 121 Å². The lowest BCUT2D eigenvalue weighted by Crippen LogP contribution is -2.54. The molecule has 0 saturated carbocycles. The van der Waals surface area contributed by atoms with Crippen LogP contribution in [0.25, 0.3) is 22.3 Å². The molecular formula is C49H38O28. The molecule has 0 aromatic heterocycles. The van der Waals surface area contributed by atoms with Gasteiger partial charge in [0.1, 0.15) is 42.2 Å². The number of aliphatic hydroxyl groups excluding tert-OH is 3. The molecule has 0 saturated heterocycles. The number of ether oxygens (including phenoxy) is 5. The Bertz CT molecular complexity index is 3550. The molecule has 0 amide bonds. The van der Waals surface area contributed by atoms with Crippen LogP contribution < -0.4 is 4.74 Å². The van der Waals surface area contributed by atoms with E-state index >= 15 is 0 Å². The van der Waals surface area contributed by atoms with E-state index in [4.69, 9.17) is 23.7 Å². The molecule has 77 heavy (non-hydrogen) atoms. The zero-order valence-electron chi connectivity index (χ0n) is 38.2. The molecule has 9 rings (SSSR count). The fourth-order valence-corrected chi connectivity index (χ4v) is 9.11. The van der Waals surface area contributed by atoms with Crippen molar-refractivity contribution < 1.29 is 140 Å². The summed E-state index contributed by atoms with van der Waals surface area (Å²) in [7, 11) is 0. The van der Waals surface area contributed by atoms with E-state index in [0.717, 1.165) is 18.2 Å². The summed E-state index contributed by atoms with van der Waals surface area (Å²) in [6.07, 6.45) is -18.1. The molecule has 3 aliphatic heterocycles. The Balaban J connectivity index is 1.27. The van der Waals surface area contributed by atoms with Gasteiger partial charge in [-0.05, 0) is 42.0 Å². The van der Waals surface area contributed by atoms with Crippen molar-refractivity contribution in [2.75, 3.05) is 6.61 Å². The Morgan fingerprint density at radius 1 is 0.416 bits per heavy atom. The minimum Gasteiger partial charge on any atom is -0.507 e. The number of benzene rings is 6. The molecule has 0 bridgehead atoms. The third-order valence-electron chi connectivity index (χ3n) is 12.9. The summed E-state index contributed by atoms with van der Waals surface area (Å²) in [5.41, 5.74) is -10.9. The molecule has 7 unspecified atom stereocenters. The smallest absolute Gasteiger partial charge is 0.339 e. The number of fused-ring (bicyclic) bond motifs is 7. The fraction of sp³-hybridized carbons (Fsp3) is 0.184. The molecule has 28 nitrogen and oxygen atoms in total. The van der Waals surface area contributed by atoms with Crippen LogP contribution in [-0.2, 0) is 25.4 Å². The molecule has 7 atom stereocenters. The summed E-state index contributed by atoms with van der Waals surface area (Å²) in [6.45, 7) is -1.50. The largest absolute Gasteiger partial charge is 0.507 e. The first-order chi connectivity index (χ1) is 36.2. The maximum atomic E-state index is 14.8. The van der Waals surface area contributed by atoms with Gasteiger partial charge >= 0.3 is 23.9 Å². The number of phenols is 16. The second kappa shape index (κ2) is 18.6. The number of carbonyl (C=O) groups is 4. The molecule has 0 radical (unpaired) electrons. The van der Waals surface area contributed by atoms with E-state index in [1.807, 2.05) is 0 Å². The highest BCUT2D eigenvalue weighted by Gasteiger charge is 2.51. The Kier molecular flexibility index (Phi) is 12.4. The first-order valence-electron chi connectivity index (χ1n) is 22.0. The average Bonchev–Trinajstić information content (AvgIpc) is 3.42. The van der Waals surface area contributed by atoms with Gasteiger partial charge in [0.15, 0.2) is 75.8 Å². The molecule has 3 aliphatic rings. The lowest BCUT2D eigenvalue weighted by atomic mass is 9.88. The Labute approximate surface area is 426 Å². The van der Waals surface area contributed by atoms with Gasteiger partial charge in [-0.3, -0.25) is 0 Å². The molecule has 28 heteroatoms. The van der Waals surface area contributed by atoms with Crippen LogP contribution in [0.15, 0.2) is 48.5 Å². The lowest BCUT2D eigenvalue weighted by molar-refractivity contribution is -0.150. The second-order valence-electron chi connectivity index (χ2n) is 17.5. The number of hydrogen-bond donors (Lipinski definition) is 19. The van der Waals surface area contributed by atoms with E-state index in [2.05, 4.69) is 0 Å². The van der Waals surface area contributed by atoms with Crippen molar-refractivity contribution in [1.29, 1.82) is 0 Å². The maximum absolute atomic E-state index is 14.8. The van der Waals surface area contributed by atoms with E-state index in [-0.39, 0.29) is 5.56 Å². The SMILES string of the molecule is O=C1OCC(O)C(C2OC(=O)c3cc(O)c(O)c(O)c3-c3c(cc(O)c(O)c3O)C(=O)OC2C(O)c2c(O)cc3c(c2O)CC(O)C(c2ccc(O)c(O)c2)O3)OC(=O)c2cc(O)c(O)c(O)c2-c2c1cc(O)c(O)c2O. The Hall–Kier alpha value is -10.3. The third kappa shape index (κ3) is 8.25. The van der Waals surface area contributed by atoms with E-state index < -0.39 is 233 Å². The van der Waals surface area contributed by atoms with Crippen LogP contribution in [0.3, 0.4) is 0 Å². The first kappa shape index (κ1) is 51.6. The number of cyclic esters (lactones) is 4. The normalized spacial score (nSPS) is 20.7. The Morgan fingerprint density at radius 2 is 0.844 bits per heavy atom. The van der Waals surface area contributed by atoms with Crippen molar-refractivity contribution in [3.63, 3.8) is 0 Å². The van der Waals surface area contributed by atoms with Crippen molar-refractivity contribution >= 4 is 23.9 Å². The minimum atomic E-state index is -2.96. The second-order valence-corrected chi connectivity index (χ2v) is 17.5. The van der Waals surface area contributed by atoms with Crippen molar-refractivity contribution in [3.8, 4) is 120 Å². The van der Waals surface area contributed by atoms with Crippen LogP contribution in [0.1, 0.15) is 70.3 Å². The first-order valence-corrected chi connectivity index (χ1v) is 22.0. The summed E-state index contributed by atoms with van der Waals surface area (Å²) >= 11 is 0. The number of esters is 4. The van der Waals surface area contributed by atoms with Gasteiger partial charge in [-0.1, -0.05) is 6.07 Å². The molecule has 0 spiro atoms. The van der Waals surface area contributed by atoms with Crippen LogP contribution in [0.5, 0.6) is 97.7 Å². The predicted molar refractivity (Wildman–Crippen MR) is 245 cm³/mol. The van der Waals surface area contributed by atoms with Gasteiger partial charge in [0.2, 0.25) is 23.0 Å². The lowest BCUT2D eigenvalue weighted by Gasteiger charge is -2.38. The zero-order chi connectivity index (χ0) is 56.1. The van der Waals surface area contributed by atoms with Gasteiger partial charge in [-0.25, -0.2) is 19.2 Å². The summed E-state index contributed by atoms with van der Waals surface area (Å²) in [5.74, 6) is -28.7. The number of phenolic OH excluding ortho intramolecular Hbond substituents is 16. The Morgan fingerprint density at radius 3 is 1.30 bits per heavy atom. The standard InChI is InChI=1S/C49H38O28/c50-17-2-1-11(3-18(17)51)42-24(57)4-12-26(74-42)9-19(52)31(32(12)59)41(68)44-45(77-49(72)16-8-23(56)36(63)40(67)30(16)29-15(48(71)76-44)7-22(55)35(62)39(29)66)43-25(58)10-73-46(69)13-5-20(53)33(60)37(64)27(13)28-14(47(70)75-43)6-21(54)34(61)38(28)65/h1-3,5-9,24-25,41-45,50-68H,4,10H2. The van der Waals surface area contributed by atoms with Crippen molar-refractivity contribution in [2.45, 2.75) is 49.1 Å². The van der Waals surface area contributed by atoms with Gasteiger partial charge in [0.25, 0.3) is 0 Å². The quantitative estimate of drug-likeness (QED) is 0.0681. The topological polar surface area (TPSA) is 499 Å². The van der Waals surface area contributed by atoms with E-state index in [1.54, 1.807) is 0 Å². The maximum Gasteiger partial charge on any atom is 0.339 e. The minimum absolute atomic E-state index is 0.0609. The highest BCUT2D eigenvalue weighted by molar-refractivity contribution is 6.10. The number of carbonyl (C=O) groups excluding carboxylic acids is 4. The molecule has 0 aliphatic carbocycles. The van der Waals surface area contributed by atoms with Crippen LogP contribution in [0.4, 0.5) is 0 Å². The number of aromatic hydroxyl groups is 16. The molecule has 0 fully saturated rings. The highest BCUT2D eigenvalue weighted by Crippen LogP contribution is 2.56. The summed E-state index contributed by atoms with van der Waals surface area (Å²) in [4.78, 5) is 58.0. The van der Waals surface area contributed by atoms with Crippen LogP contribution in [0, 0.1) is 0 Å². The van der Waals surface area contributed by atoms with Crippen molar-refractivity contribution in [2.24, 2.45) is 0 Å². The molecule has 6 aromatic carbocycles. The van der Waals surface area contributed by atoms with E-state index in [9.17, 15) is 116 Å². The van der Waals surface area contributed by atoms with E-state index in [0.29, 0.717) is 24.3 Å². The molecular weight excluding hydrogens is 1040 g/mol. The van der Waals surface area contributed by atoms with Crippen molar-refractivity contribution in [3.05, 3.63) is 87.5 Å². The summed E-state index contributed by atoms with van der Waals surface area (Å²) in [6, 6.07) is 5.51. The number of hydrogen-bond acceptors (Lipinski definition) is 28. The van der Waals surface area contributed by atoms with Gasteiger partial charge in [0, 0.05) is 40.3 Å². The van der Waals surface area contributed by atoms with Crippen LogP contribution in [-0.4, -0.2) is 158 Å². The molecule has 6 aromatic rings. The summed E-state index contributed by atoms with van der Waals surface area (Å²) < 4.78 is 28.0. The predicted octanol–water partition coefficient (Wildman–Crippen LogP) is 1.90. The van der Waals surface area contributed by atoms with Gasteiger partial charge in [-0.2, -0.15) is 0 Å².